The van der Waals surface area contributed by atoms with E-state index >= 15 is 0 Å². The zero-order chi connectivity index (χ0) is 20.5. The fourth-order valence-electron chi connectivity index (χ4n) is 3.22. The fraction of sp³-hybridized carbons (Fsp3) is 0.364. The van der Waals surface area contributed by atoms with Crippen LogP contribution in [-0.4, -0.2) is 43.1 Å². The number of halogens is 1. The normalized spacial score (nSPS) is 14.3. The van der Waals surface area contributed by atoms with Crippen LogP contribution in [-0.2, 0) is 11.3 Å². The molecule has 7 heteroatoms. The van der Waals surface area contributed by atoms with Gasteiger partial charge in [0.1, 0.15) is 11.6 Å². The Bertz CT molecular complexity index is 791. The van der Waals surface area contributed by atoms with E-state index in [0.717, 1.165) is 18.4 Å². The summed E-state index contributed by atoms with van der Waals surface area (Å²) in [5, 5.41) is 5.64. The maximum atomic E-state index is 12.9. The summed E-state index contributed by atoms with van der Waals surface area (Å²) >= 11 is 0. The van der Waals surface area contributed by atoms with Crippen molar-refractivity contribution in [1.82, 2.24) is 15.5 Å². The van der Waals surface area contributed by atoms with Crippen LogP contribution in [0.2, 0.25) is 0 Å². The van der Waals surface area contributed by atoms with Crippen molar-refractivity contribution < 1.29 is 18.7 Å². The van der Waals surface area contributed by atoms with Crippen molar-refractivity contribution in [2.45, 2.75) is 19.4 Å². The maximum Gasteiger partial charge on any atom is 0.315 e. The van der Waals surface area contributed by atoms with E-state index in [-0.39, 0.29) is 24.4 Å². The summed E-state index contributed by atoms with van der Waals surface area (Å²) in [4.78, 5) is 26.0. The molecule has 1 fully saturated rings. The number of para-hydroxylation sites is 1. The Kier molecular flexibility index (Phi) is 7.44. The molecule has 0 unspecified atom stereocenters. The Hall–Kier alpha value is -3.09. The van der Waals surface area contributed by atoms with Crippen molar-refractivity contribution in [3.63, 3.8) is 0 Å². The highest BCUT2D eigenvalue weighted by Gasteiger charge is 2.23. The van der Waals surface area contributed by atoms with Crippen LogP contribution in [0.1, 0.15) is 18.4 Å². The van der Waals surface area contributed by atoms with Crippen LogP contribution in [0.3, 0.4) is 0 Å². The predicted molar refractivity (Wildman–Crippen MR) is 108 cm³/mol. The number of piperidine rings is 1. The summed E-state index contributed by atoms with van der Waals surface area (Å²) < 4.78 is 18.4. The van der Waals surface area contributed by atoms with Gasteiger partial charge in [0.15, 0.2) is 6.61 Å². The van der Waals surface area contributed by atoms with Crippen LogP contribution >= 0.6 is 0 Å². The molecule has 0 aliphatic carbocycles. The number of hydrogen-bond acceptors (Lipinski definition) is 3. The molecule has 2 aromatic rings. The van der Waals surface area contributed by atoms with E-state index in [1.807, 2.05) is 35.2 Å². The third-order valence-electron chi connectivity index (χ3n) is 4.99. The van der Waals surface area contributed by atoms with Gasteiger partial charge >= 0.3 is 6.03 Å². The summed E-state index contributed by atoms with van der Waals surface area (Å²) in [6, 6.07) is 15.1. The van der Waals surface area contributed by atoms with Crippen molar-refractivity contribution in [3.8, 4) is 5.75 Å². The SMILES string of the molecule is O=C(NCc1ccc(F)cc1)NCC1CCN(C(=O)COc2ccccc2)CC1. The van der Waals surface area contributed by atoms with E-state index < -0.39 is 0 Å². The number of urea groups is 1. The monoisotopic (exact) mass is 399 g/mol. The Balaban J connectivity index is 1.30. The zero-order valence-corrected chi connectivity index (χ0v) is 16.3. The number of carbonyl (C=O) groups is 2. The van der Waals surface area contributed by atoms with Gasteiger partial charge in [-0.25, -0.2) is 9.18 Å². The predicted octanol–water partition coefficient (Wildman–Crippen LogP) is 2.94. The lowest BCUT2D eigenvalue weighted by molar-refractivity contribution is -0.134. The van der Waals surface area contributed by atoms with Crippen LogP contribution in [0.4, 0.5) is 9.18 Å². The summed E-state index contributed by atoms with van der Waals surface area (Å²) in [5.41, 5.74) is 0.839. The van der Waals surface area contributed by atoms with E-state index in [0.29, 0.717) is 37.8 Å². The third kappa shape index (κ3) is 6.78. The second kappa shape index (κ2) is 10.5. The number of carbonyl (C=O) groups excluding carboxylic acids is 2. The molecule has 0 bridgehead atoms. The highest BCUT2D eigenvalue weighted by atomic mass is 19.1. The van der Waals surface area contributed by atoms with Gasteiger partial charge in [-0.1, -0.05) is 30.3 Å². The second-order valence-electron chi connectivity index (χ2n) is 7.12. The van der Waals surface area contributed by atoms with Crippen molar-refractivity contribution in [3.05, 3.63) is 66.0 Å². The number of nitrogens with one attached hydrogen (secondary N) is 2. The summed E-state index contributed by atoms with van der Waals surface area (Å²) in [6.07, 6.45) is 1.69. The molecule has 0 radical (unpaired) electrons. The lowest BCUT2D eigenvalue weighted by Gasteiger charge is -2.32. The molecule has 1 aliphatic rings. The van der Waals surface area contributed by atoms with Crippen LogP contribution in [0.5, 0.6) is 5.75 Å². The van der Waals surface area contributed by atoms with Crippen LogP contribution in [0, 0.1) is 11.7 Å². The first kappa shape index (κ1) is 20.6. The zero-order valence-electron chi connectivity index (χ0n) is 16.3. The van der Waals surface area contributed by atoms with Gasteiger partial charge in [-0.15, -0.1) is 0 Å². The quantitative estimate of drug-likeness (QED) is 0.752. The number of hydrogen-bond donors (Lipinski definition) is 2. The molecule has 0 spiro atoms. The van der Waals surface area contributed by atoms with Gasteiger partial charge < -0.3 is 20.3 Å². The number of nitrogens with zero attached hydrogens (tertiary/aromatic N) is 1. The minimum Gasteiger partial charge on any atom is -0.484 e. The Labute approximate surface area is 170 Å². The molecular formula is C22H26FN3O3. The summed E-state index contributed by atoms with van der Waals surface area (Å²) in [6.45, 7) is 2.29. The van der Waals surface area contributed by atoms with E-state index in [9.17, 15) is 14.0 Å². The molecule has 0 aromatic heterocycles. The molecule has 1 heterocycles. The van der Waals surface area contributed by atoms with Crippen LogP contribution < -0.4 is 15.4 Å². The summed E-state index contributed by atoms with van der Waals surface area (Å²) in [5.74, 6) is 0.712. The number of benzene rings is 2. The van der Waals surface area contributed by atoms with E-state index in [1.54, 1.807) is 12.1 Å². The molecule has 2 N–H and O–H groups in total. The molecule has 2 aromatic carbocycles. The van der Waals surface area contributed by atoms with E-state index in [2.05, 4.69) is 10.6 Å². The number of ether oxygens (including phenoxy) is 1. The van der Waals surface area contributed by atoms with E-state index in [4.69, 9.17) is 4.74 Å². The fourth-order valence-corrected chi connectivity index (χ4v) is 3.22. The lowest BCUT2D eigenvalue weighted by atomic mass is 9.97. The van der Waals surface area contributed by atoms with E-state index in [1.165, 1.54) is 12.1 Å². The number of likely N-dealkylation sites (tertiary alicyclic amines) is 1. The largest absolute Gasteiger partial charge is 0.484 e. The van der Waals surface area contributed by atoms with Gasteiger partial charge in [-0.2, -0.15) is 0 Å². The first-order valence-corrected chi connectivity index (χ1v) is 9.82. The van der Waals surface area contributed by atoms with Crippen molar-refractivity contribution in [1.29, 1.82) is 0 Å². The molecule has 29 heavy (non-hydrogen) atoms. The maximum absolute atomic E-state index is 12.9. The Morgan fingerprint density at radius 2 is 1.69 bits per heavy atom. The van der Waals surface area contributed by atoms with Gasteiger partial charge in [0, 0.05) is 26.2 Å². The third-order valence-corrected chi connectivity index (χ3v) is 4.99. The lowest BCUT2D eigenvalue weighted by Crippen LogP contribution is -2.44. The van der Waals surface area contributed by atoms with Gasteiger partial charge in [0.05, 0.1) is 0 Å². The topological polar surface area (TPSA) is 70.7 Å². The van der Waals surface area contributed by atoms with Gasteiger partial charge in [-0.3, -0.25) is 4.79 Å². The number of rotatable bonds is 7. The molecular weight excluding hydrogens is 373 g/mol. The Morgan fingerprint density at radius 3 is 2.38 bits per heavy atom. The first-order valence-electron chi connectivity index (χ1n) is 9.82. The molecule has 1 saturated heterocycles. The van der Waals surface area contributed by atoms with Crippen molar-refractivity contribution >= 4 is 11.9 Å². The van der Waals surface area contributed by atoms with Crippen LogP contribution in [0.25, 0.3) is 0 Å². The molecule has 6 nitrogen and oxygen atoms in total. The molecule has 1 aliphatic heterocycles. The molecule has 0 atom stereocenters. The average Bonchev–Trinajstić information content (AvgIpc) is 2.76. The minimum atomic E-state index is -0.297. The second-order valence-corrected chi connectivity index (χ2v) is 7.12. The highest BCUT2D eigenvalue weighted by molar-refractivity contribution is 5.78. The summed E-state index contributed by atoms with van der Waals surface area (Å²) in [7, 11) is 0. The van der Waals surface area contributed by atoms with Gasteiger partial charge in [0.25, 0.3) is 5.91 Å². The first-order chi connectivity index (χ1) is 14.1. The molecule has 0 saturated carbocycles. The van der Waals surface area contributed by atoms with Crippen LogP contribution in [0.15, 0.2) is 54.6 Å². The minimum absolute atomic E-state index is 0.0164. The van der Waals surface area contributed by atoms with Crippen molar-refractivity contribution in [2.75, 3.05) is 26.2 Å². The van der Waals surface area contributed by atoms with Gasteiger partial charge in [0.2, 0.25) is 0 Å². The van der Waals surface area contributed by atoms with Gasteiger partial charge in [-0.05, 0) is 48.6 Å². The average molecular weight is 399 g/mol. The number of amides is 3. The smallest absolute Gasteiger partial charge is 0.315 e. The highest BCUT2D eigenvalue weighted by Crippen LogP contribution is 2.17. The van der Waals surface area contributed by atoms with Crippen molar-refractivity contribution in [2.24, 2.45) is 5.92 Å². The molecule has 154 valence electrons. The molecule has 3 amide bonds. The Morgan fingerprint density at radius 1 is 1.00 bits per heavy atom. The molecule has 3 rings (SSSR count). The standard InChI is InChI=1S/C22H26FN3O3/c23-19-8-6-17(7-9-19)14-24-22(28)25-15-18-10-12-26(13-11-18)21(27)16-29-20-4-2-1-3-5-20/h1-9,18H,10-16H2,(H2,24,25,28).